The van der Waals surface area contributed by atoms with Gasteiger partial charge in [0, 0.05) is 30.0 Å². The molecule has 0 radical (unpaired) electrons. The normalized spacial score (nSPS) is 11.0. The van der Waals surface area contributed by atoms with E-state index in [0.29, 0.717) is 13.2 Å². The molecule has 0 fully saturated rings. The summed E-state index contributed by atoms with van der Waals surface area (Å²) in [5.41, 5.74) is 2.22. The first-order valence-electron chi connectivity index (χ1n) is 8.79. The summed E-state index contributed by atoms with van der Waals surface area (Å²) in [5, 5.41) is 7.84. The van der Waals surface area contributed by atoms with Crippen molar-refractivity contribution in [2.45, 2.75) is 40.7 Å². The van der Waals surface area contributed by atoms with E-state index in [9.17, 15) is 0 Å². The van der Waals surface area contributed by atoms with Gasteiger partial charge in [-0.15, -0.1) is 35.3 Å². The molecule has 2 N–H and O–H groups in total. The molecule has 0 aliphatic heterocycles. The fraction of sp³-hybridized carbons (Fsp3) is 0.474. The number of aromatic nitrogens is 1. The van der Waals surface area contributed by atoms with Crippen molar-refractivity contribution in [3.63, 3.8) is 0 Å². The number of rotatable bonds is 8. The highest BCUT2D eigenvalue weighted by molar-refractivity contribution is 14.0. The van der Waals surface area contributed by atoms with Gasteiger partial charge in [-0.3, -0.25) is 0 Å². The van der Waals surface area contributed by atoms with Gasteiger partial charge in [-0.05, 0) is 33.8 Å². The molecule has 5 nitrogen and oxygen atoms in total. The summed E-state index contributed by atoms with van der Waals surface area (Å²) >= 11 is 1.77. The summed E-state index contributed by atoms with van der Waals surface area (Å²) in [6.45, 7) is 11.1. The van der Waals surface area contributed by atoms with Crippen molar-refractivity contribution in [2.24, 2.45) is 4.99 Å². The lowest BCUT2D eigenvalue weighted by Gasteiger charge is -2.12. The minimum absolute atomic E-state index is 0. The number of guanidine groups is 1. The maximum absolute atomic E-state index is 5.66. The molecule has 0 saturated heterocycles. The van der Waals surface area contributed by atoms with E-state index in [4.69, 9.17) is 4.74 Å². The molecule has 2 aromatic rings. The van der Waals surface area contributed by atoms with Crippen LogP contribution in [0.1, 0.15) is 35.0 Å². The number of nitrogens with one attached hydrogen (secondary N) is 2. The molecule has 0 unspecified atom stereocenters. The molecule has 2 rings (SSSR count). The SMILES string of the molecule is CCNC(=NCc1ccccc1OCC)NCCc1nc(C)c(C)s1.I. The zero-order chi connectivity index (χ0) is 18.1. The van der Waals surface area contributed by atoms with E-state index in [2.05, 4.69) is 47.4 Å². The van der Waals surface area contributed by atoms with Crippen molar-refractivity contribution in [3.8, 4) is 5.75 Å². The number of halogens is 1. The topological polar surface area (TPSA) is 58.5 Å². The molecule has 0 saturated carbocycles. The molecule has 0 aliphatic rings. The smallest absolute Gasteiger partial charge is 0.191 e. The summed E-state index contributed by atoms with van der Waals surface area (Å²) < 4.78 is 5.66. The number of nitrogens with zero attached hydrogens (tertiary/aromatic N) is 2. The van der Waals surface area contributed by atoms with E-state index in [1.54, 1.807) is 11.3 Å². The van der Waals surface area contributed by atoms with Crippen LogP contribution in [0.25, 0.3) is 0 Å². The second kappa shape index (κ2) is 12.1. The second-order valence-corrected chi connectivity index (χ2v) is 6.95. The molecule has 26 heavy (non-hydrogen) atoms. The van der Waals surface area contributed by atoms with Crippen molar-refractivity contribution in [1.29, 1.82) is 0 Å². The standard InChI is InChI=1S/C19H28N4OS.HI/c1-5-20-19(21-12-11-18-23-14(3)15(4)25-18)22-13-16-9-7-8-10-17(16)24-6-2;/h7-10H,5-6,11-13H2,1-4H3,(H2,20,21,22);1H. The molecule has 0 atom stereocenters. The summed E-state index contributed by atoms with van der Waals surface area (Å²) in [7, 11) is 0. The number of benzene rings is 1. The number of hydrogen-bond donors (Lipinski definition) is 2. The maximum Gasteiger partial charge on any atom is 0.191 e. The predicted octanol–water partition coefficient (Wildman–Crippen LogP) is 4.07. The largest absolute Gasteiger partial charge is 0.494 e. The lowest BCUT2D eigenvalue weighted by molar-refractivity contribution is 0.336. The van der Waals surface area contributed by atoms with Gasteiger partial charge < -0.3 is 15.4 Å². The first-order valence-corrected chi connectivity index (χ1v) is 9.61. The highest BCUT2D eigenvalue weighted by Gasteiger charge is 2.05. The number of para-hydroxylation sites is 1. The van der Waals surface area contributed by atoms with Crippen LogP contribution in [-0.4, -0.2) is 30.6 Å². The monoisotopic (exact) mass is 488 g/mol. The van der Waals surface area contributed by atoms with Gasteiger partial charge in [-0.1, -0.05) is 18.2 Å². The lowest BCUT2D eigenvalue weighted by Crippen LogP contribution is -2.38. The van der Waals surface area contributed by atoms with Crippen molar-refractivity contribution in [1.82, 2.24) is 15.6 Å². The summed E-state index contributed by atoms with van der Waals surface area (Å²) in [5.74, 6) is 1.72. The molecule has 0 aliphatic carbocycles. The van der Waals surface area contributed by atoms with Gasteiger partial charge >= 0.3 is 0 Å². The Labute approximate surface area is 177 Å². The number of ether oxygens (including phenoxy) is 1. The molecule has 0 bridgehead atoms. The van der Waals surface area contributed by atoms with Gasteiger partial charge in [0.25, 0.3) is 0 Å². The lowest BCUT2D eigenvalue weighted by atomic mass is 10.2. The summed E-state index contributed by atoms with van der Waals surface area (Å²) in [4.78, 5) is 10.6. The van der Waals surface area contributed by atoms with E-state index >= 15 is 0 Å². The average molecular weight is 488 g/mol. The van der Waals surface area contributed by atoms with Gasteiger partial charge in [0.2, 0.25) is 0 Å². The minimum atomic E-state index is 0. The van der Waals surface area contributed by atoms with Crippen LogP contribution in [0.5, 0.6) is 5.75 Å². The van der Waals surface area contributed by atoms with Crippen LogP contribution in [0.4, 0.5) is 0 Å². The quantitative estimate of drug-likeness (QED) is 0.334. The Hall–Kier alpha value is -1.35. The van der Waals surface area contributed by atoms with Crippen molar-refractivity contribution in [2.75, 3.05) is 19.7 Å². The van der Waals surface area contributed by atoms with Crippen molar-refractivity contribution in [3.05, 3.63) is 45.4 Å². The first kappa shape index (κ1) is 22.7. The minimum Gasteiger partial charge on any atom is -0.494 e. The third kappa shape index (κ3) is 7.11. The Balaban J connectivity index is 0.00000338. The van der Waals surface area contributed by atoms with Crippen LogP contribution in [0, 0.1) is 13.8 Å². The molecule has 0 amide bonds. The van der Waals surface area contributed by atoms with Gasteiger partial charge in [-0.2, -0.15) is 0 Å². The zero-order valence-corrected chi connectivity index (χ0v) is 19.1. The highest BCUT2D eigenvalue weighted by Crippen LogP contribution is 2.19. The van der Waals surface area contributed by atoms with Crippen molar-refractivity contribution >= 4 is 41.3 Å². The molecule has 144 valence electrons. The van der Waals surface area contributed by atoms with E-state index in [1.807, 2.05) is 25.1 Å². The summed E-state index contributed by atoms with van der Waals surface area (Å²) in [6.07, 6.45) is 0.902. The molecule has 1 heterocycles. The number of aliphatic imine (C=N–C) groups is 1. The first-order chi connectivity index (χ1) is 12.1. The molecule has 7 heteroatoms. The van der Waals surface area contributed by atoms with Gasteiger partial charge in [0.1, 0.15) is 5.75 Å². The van der Waals surface area contributed by atoms with E-state index < -0.39 is 0 Å². The molecule has 1 aromatic heterocycles. The van der Waals surface area contributed by atoms with Crippen molar-refractivity contribution < 1.29 is 4.74 Å². The van der Waals surface area contributed by atoms with Crippen LogP contribution in [0.2, 0.25) is 0 Å². The van der Waals surface area contributed by atoms with Crippen LogP contribution in [0.3, 0.4) is 0 Å². The molecular formula is C19H29IN4OS. The molecule has 1 aromatic carbocycles. The fourth-order valence-electron chi connectivity index (χ4n) is 2.37. The van der Waals surface area contributed by atoms with E-state index in [1.165, 1.54) is 9.88 Å². The Morgan fingerprint density at radius 1 is 1.19 bits per heavy atom. The Morgan fingerprint density at radius 3 is 2.62 bits per heavy atom. The number of hydrogen-bond acceptors (Lipinski definition) is 4. The highest BCUT2D eigenvalue weighted by atomic mass is 127. The third-order valence-electron chi connectivity index (χ3n) is 3.73. The third-order valence-corrected chi connectivity index (χ3v) is 4.86. The van der Waals surface area contributed by atoms with Gasteiger partial charge in [-0.25, -0.2) is 9.98 Å². The van der Waals surface area contributed by atoms with E-state index in [0.717, 1.165) is 42.5 Å². The zero-order valence-electron chi connectivity index (χ0n) is 16.0. The number of aryl methyl sites for hydroxylation is 2. The van der Waals surface area contributed by atoms with E-state index in [-0.39, 0.29) is 24.0 Å². The average Bonchev–Trinajstić information content (AvgIpc) is 2.92. The van der Waals surface area contributed by atoms with Crippen LogP contribution < -0.4 is 15.4 Å². The Kier molecular flexibility index (Phi) is 10.6. The number of thiazole rings is 1. The molecular weight excluding hydrogens is 459 g/mol. The van der Waals surface area contributed by atoms with Gasteiger partial charge in [0.15, 0.2) is 5.96 Å². The summed E-state index contributed by atoms with van der Waals surface area (Å²) in [6, 6.07) is 8.04. The Morgan fingerprint density at radius 2 is 1.96 bits per heavy atom. The Bertz CT molecular complexity index is 683. The predicted molar refractivity (Wildman–Crippen MR) is 121 cm³/mol. The molecule has 0 spiro atoms. The second-order valence-electron chi connectivity index (χ2n) is 5.66. The van der Waals surface area contributed by atoms with Gasteiger partial charge in [0.05, 0.1) is 23.9 Å². The fourth-order valence-corrected chi connectivity index (χ4v) is 3.30. The van der Waals surface area contributed by atoms with Crippen LogP contribution in [-0.2, 0) is 13.0 Å². The maximum atomic E-state index is 5.66. The van der Waals surface area contributed by atoms with Crippen LogP contribution >= 0.6 is 35.3 Å². The van der Waals surface area contributed by atoms with Crippen LogP contribution in [0.15, 0.2) is 29.3 Å².